The maximum absolute atomic E-state index is 12.8. The van der Waals surface area contributed by atoms with E-state index in [1.54, 1.807) is 6.20 Å². The smallest absolute Gasteiger partial charge is 0.253 e. The van der Waals surface area contributed by atoms with Gasteiger partial charge in [0.1, 0.15) is 5.75 Å². The molecule has 5 heteroatoms. The summed E-state index contributed by atoms with van der Waals surface area (Å²) in [4.78, 5) is 14.7. The van der Waals surface area contributed by atoms with Gasteiger partial charge in [-0.25, -0.2) is 0 Å². The molecule has 1 N–H and O–H groups in total. The molecule has 1 aromatic carbocycles. The van der Waals surface area contributed by atoms with Gasteiger partial charge in [-0.15, -0.1) is 0 Å². The Hall–Kier alpha value is -2.30. The number of carbonyl (C=O) groups is 1. The van der Waals surface area contributed by atoms with Gasteiger partial charge in [0.15, 0.2) is 0 Å². The minimum atomic E-state index is 0.105. The number of rotatable bonds is 5. The first-order chi connectivity index (χ1) is 11.8. The summed E-state index contributed by atoms with van der Waals surface area (Å²) in [5.74, 6) is 2.05. The van der Waals surface area contributed by atoms with Crippen LogP contribution in [0.2, 0.25) is 0 Å². The Morgan fingerprint density at radius 2 is 2.04 bits per heavy atom. The van der Waals surface area contributed by atoms with Crippen molar-refractivity contribution >= 4 is 5.91 Å². The number of amides is 1. The molecule has 1 aromatic heterocycles. The summed E-state index contributed by atoms with van der Waals surface area (Å²) in [6.45, 7) is 2.37. The maximum atomic E-state index is 12.8. The Labute approximate surface area is 142 Å². The number of carbonyl (C=O) groups excluding carboxylic acids is 1. The molecule has 126 valence electrons. The van der Waals surface area contributed by atoms with Gasteiger partial charge in [0.2, 0.25) is 0 Å². The molecule has 1 atom stereocenters. The summed E-state index contributed by atoms with van der Waals surface area (Å²) >= 11 is 0. The minimum Gasteiger partial charge on any atom is -0.493 e. The fourth-order valence-electron chi connectivity index (χ4n) is 3.28. The molecular formula is C19H23N3O2. The number of benzene rings is 1. The van der Waals surface area contributed by atoms with Crippen LogP contribution in [0.15, 0.2) is 36.5 Å². The topological polar surface area (TPSA) is 58.2 Å². The predicted molar refractivity (Wildman–Crippen MR) is 91.1 cm³/mol. The summed E-state index contributed by atoms with van der Waals surface area (Å²) in [5, 5.41) is 7.06. The van der Waals surface area contributed by atoms with Gasteiger partial charge in [0, 0.05) is 36.5 Å². The Bertz CT molecular complexity index is 677. The molecule has 2 aliphatic rings. The number of aromatic nitrogens is 2. The largest absolute Gasteiger partial charge is 0.493 e. The van der Waals surface area contributed by atoms with E-state index in [2.05, 4.69) is 10.2 Å². The van der Waals surface area contributed by atoms with Crippen molar-refractivity contribution < 1.29 is 9.53 Å². The number of nitrogens with zero attached hydrogens (tertiary/aromatic N) is 2. The molecule has 1 aliphatic heterocycles. The Morgan fingerprint density at radius 3 is 2.75 bits per heavy atom. The molecule has 24 heavy (non-hydrogen) atoms. The average molecular weight is 325 g/mol. The number of piperidine rings is 1. The second-order valence-corrected chi connectivity index (χ2v) is 6.88. The lowest BCUT2D eigenvalue weighted by atomic mass is 9.94. The molecule has 1 amide bonds. The third-order valence-electron chi connectivity index (χ3n) is 4.95. The molecule has 0 spiro atoms. The van der Waals surface area contributed by atoms with Crippen LogP contribution < -0.4 is 4.74 Å². The molecule has 1 saturated heterocycles. The van der Waals surface area contributed by atoms with Gasteiger partial charge in [-0.05, 0) is 61.9 Å². The van der Waals surface area contributed by atoms with Crippen molar-refractivity contribution in [3.05, 3.63) is 47.8 Å². The number of hydrogen-bond acceptors (Lipinski definition) is 3. The normalized spacial score (nSPS) is 20.8. The van der Waals surface area contributed by atoms with Crippen LogP contribution in [0.1, 0.15) is 47.7 Å². The Morgan fingerprint density at radius 1 is 1.21 bits per heavy atom. The fourth-order valence-corrected chi connectivity index (χ4v) is 3.28. The van der Waals surface area contributed by atoms with E-state index in [9.17, 15) is 4.79 Å². The minimum absolute atomic E-state index is 0.105. The van der Waals surface area contributed by atoms with Crippen molar-refractivity contribution in [2.75, 3.05) is 19.7 Å². The van der Waals surface area contributed by atoms with Crippen LogP contribution in [-0.2, 0) is 0 Å². The second-order valence-electron chi connectivity index (χ2n) is 6.88. The van der Waals surface area contributed by atoms with Gasteiger partial charge in [-0.2, -0.15) is 5.10 Å². The predicted octanol–water partition coefficient (Wildman–Crippen LogP) is 3.22. The molecule has 5 nitrogen and oxygen atoms in total. The zero-order valence-electron chi connectivity index (χ0n) is 13.8. The fraction of sp³-hybridized carbons (Fsp3) is 0.474. The van der Waals surface area contributed by atoms with E-state index < -0.39 is 0 Å². The quantitative estimate of drug-likeness (QED) is 0.918. The summed E-state index contributed by atoms with van der Waals surface area (Å²) in [6, 6.07) is 9.58. The van der Waals surface area contributed by atoms with Gasteiger partial charge >= 0.3 is 0 Å². The SMILES string of the molecule is O=C(c1ccc(OCC2CC2)cc1)N1CCC[C@@H](c2ccn[nH]2)C1. The summed E-state index contributed by atoms with van der Waals surface area (Å²) in [5.41, 5.74) is 1.86. The van der Waals surface area contributed by atoms with E-state index >= 15 is 0 Å². The zero-order valence-corrected chi connectivity index (χ0v) is 13.8. The van der Waals surface area contributed by atoms with Crippen LogP contribution >= 0.6 is 0 Å². The zero-order chi connectivity index (χ0) is 16.4. The standard InChI is InChI=1S/C19H23N3O2/c23-19(15-5-7-17(8-6-15)24-13-14-3-4-14)22-11-1-2-16(12-22)18-9-10-20-21-18/h5-10,14,16H,1-4,11-13H2,(H,20,21)/t16-/m1/s1. The Kier molecular flexibility index (Phi) is 4.24. The van der Waals surface area contributed by atoms with Crippen LogP contribution in [0.25, 0.3) is 0 Å². The van der Waals surface area contributed by atoms with Crippen LogP contribution in [0, 0.1) is 5.92 Å². The highest BCUT2D eigenvalue weighted by molar-refractivity contribution is 5.94. The first kappa shape index (κ1) is 15.2. The summed E-state index contributed by atoms with van der Waals surface area (Å²) in [7, 11) is 0. The first-order valence-corrected chi connectivity index (χ1v) is 8.81. The van der Waals surface area contributed by atoms with Crippen molar-refractivity contribution in [1.29, 1.82) is 0 Å². The molecule has 2 heterocycles. The van der Waals surface area contributed by atoms with E-state index in [0.29, 0.717) is 5.92 Å². The number of H-pyrrole nitrogens is 1. The van der Waals surface area contributed by atoms with Gasteiger partial charge in [-0.1, -0.05) is 0 Å². The lowest BCUT2D eigenvalue weighted by molar-refractivity contribution is 0.0706. The van der Waals surface area contributed by atoms with E-state index in [0.717, 1.165) is 55.5 Å². The molecule has 1 saturated carbocycles. The van der Waals surface area contributed by atoms with Crippen molar-refractivity contribution in [2.24, 2.45) is 5.92 Å². The number of aromatic amines is 1. The molecule has 2 aromatic rings. The van der Waals surface area contributed by atoms with Gasteiger partial charge in [0.05, 0.1) is 6.61 Å². The van der Waals surface area contributed by atoms with Crippen LogP contribution in [0.3, 0.4) is 0 Å². The summed E-state index contributed by atoms with van der Waals surface area (Å²) in [6.07, 6.45) is 6.46. The lowest BCUT2D eigenvalue weighted by Crippen LogP contribution is -2.39. The van der Waals surface area contributed by atoms with E-state index in [-0.39, 0.29) is 5.91 Å². The maximum Gasteiger partial charge on any atom is 0.253 e. The number of nitrogens with one attached hydrogen (secondary N) is 1. The van der Waals surface area contributed by atoms with Gasteiger partial charge in [0.25, 0.3) is 5.91 Å². The van der Waals surface area contributed by atoms with E-state index in [4.69, 9.17) is 4.74 Å². The first-order valence-electron chi connectivity index (χ1n) is 8.81. The molecule has 0 unspecified atom stereocenters. The third kappa shape index (κ3) is 3.45. The highest BCUT2D eigenvalue weighted by atomic mass is 16.5. The monoisotopic (exact) mass is 325 g/mol. The molecule has 0 bridgehead atoms. The molecule has 4 rings (SSSR count). The van der Waals surface area contributed by atoms with Gasteiger partial charge in [-0.3, -0.25) is 9.89 Å². The number of ether oxygens (including phenoxy) is 1. The van der Waals surface area contributed by atoms with Crippen molar-refractivity contribution in [2.45, 2.75) is 31.6 Å². The second kappa shape index (κ2) is 6.67. The Balaban J connectivity index is 1.38. The average Bonchev–Trinajstić information content (AvgIpc) is 3.30. The molecular weight excluding hydrogens is 302 g/mol. The van der Waals surface area contributed by atoms with Crippen LogP contribution in [0.4, 0.5) is 0 Å². The molecule has 0 radical (unpaired) electrons. The van der Waals surface area contributed by atoms with Gasteiger partial charge < -0.3 is 9.64 Å². The number of hydrogen-bond donors (Lipinski definition) is 1. The van der Waals surface area contributed by atoms with Crippen molar-refractivity contribution in [3.63, 3.8) is 0 Å². The highest BCUT2D eigenvalue weighted by Crippen LogP contribution is 2.30. The molecule has 2 fully saturated rings. The van der Waals surface area contributed by atoms with Crippen LogP contribution in [0.5, 0.6) is 5.75 Å². The summed E-state index contributed by atoms with van der Waals surface area (Å²) < 4.78 is 5.74. The lowest BCUT2D eigenvalue weighted by Gasteiger charge is -2.32. The highest BCUT2D eigenvalue weighted by Gasteiger charge is 2.26. The van der Waals surface area contributed by atoms with Crippen molar-refractivity contribution in [1.82, 2.24) is 15.1 Å². The van der Waals surface area contributed by atoms with E-state index in [1.807, 2.05) is 35.2 Å². The number of likely N-dealkylation sites (tertiary alicyclic amines) is 1. The molecule has 1 aliphatic carbocycles. The van der Waals surface area contributed by atoms with Crippen molar-refractivity contribution in [3.8, 4) is 5.75 Å². The third-order valence-corrected chi connectivity index (χ3v) is 4.95. The van der Waals surface area contributed by atoms with E-state index in [1.165, 1.54) is 12.8 Å². The van der Waals surface area contributed by atoms with Crippen LogP contribution in [-0.4, -0.2) is 40.7 Å².